The first-order valence-corrected chi connectivity index (χ1v) is 11.8. The van der Waals surface area contributed by atoms with Crippen LogP contribution in [0.2, 0.25) is 0 Å². The molecule has 0 aliphatic heterocycles. The SMILES string of the molecule is CC(=O)NCCO[C@@H](c1ccccc1)[C@H]1CC[C@]2(C)c3ccccc3CC[C@H]2C1(C)C. The van der Waals surface area contributed by atoms with Gasteiger partial charge in [-0.1, -0.05) is 75.4 Å². The zero-order valence-corrected chi connectivity index (χ0v) is 19.5. The third kappa shape index (κ3) is 4.17. The molecule has 1 saturated carbocycles. The van der Waals surface area contributed by atoms with E-state index in [0.29, 0.717) is 25.0 Å². The second-order valence-electron chi connectivity index (χ2n) is 10.3. The van der Waals surface area contributed by atoms with E-state index in [-0.39, 0.29) is 22.8 Å². The standard InChI is InChI=1S/C28H37NO2/c1-20(30)29-18-19-31-26(22-11-6-5-7-12-22)24-16-17-28(4)23-13-9-8-10-21(23)14-15-25(28)27(24,2)3/h5-13,24-26H,14-19H2,1-4H3,(H,29,30)/t24-,25+,26+,28-/m1/s1. The molecule has 0 aromatic heterocycles. The van der Waals surface area contributed by atoms with Crippen molar-refractivity contribution < 1.29 is 9.53 Å². The van der Waals surface area contributed by atoms with Crippen molar-refractivity contribution in [2.45, 2.75) is 64.9 Å². The minimum Gasteiger partial charge on any atom is -0.371 e. The van der Waals surface area contributed by atoms with Crippen LogP contribution in [-0.4, -0.2) is 19.1 Å². The van der Waals surface area contributed by atoms with Gasteiger partial charge in [0.1, 0.15) is 0 Å². The van der Waals surface area contributed by atoms with Crippen LogP contribution < -0.4 is 5.32 Å². The van der Waals surface area contributed by atoms with Gasteiger partial charge in [-0.25, -0.2) is 0 Å². The Morgan fingerprint density at radius 1 is 1.06 bits per heavy atom. The van der Waals surface area contributed by atoms with E-state index in [2.05, 4.69) is 80.7 Å². The number of nitrogens with one attached hydrogen (secondary N) is 1. The van der Waals surface area contributed by atoms with Crippen LogP contribution in [0.25, 0.3) is 0 Å². The van der Waals surface area contributed by atoms with Crippen LogP contribution in [0.5, 0.6) is 0 Å². The molecule has 1 fully saturated rings. The van der Waals surface area contributed by atoms with Crippen molar-refractivity contribution in [2.24, 2.45) is 17.3 Å². The highest BCUT2D eigenvalue weighted by Crippen LogP contribution is 2.61. The number of aryl methyl sites for hydroxylation is 1. The molecule has 4 atom stereocenters. The summed E-state index contributed by atoms with van der Waals surface area (Å²) in [5, 5.41) is 2.87. The number of hydrogen-bond donors (Lipinski definition) is 1. The number of ether oxygens (including phenoxy) is 1. The molecule has 4 rings (SSSR count). The molecular formula is C28H37NO2. The van der Waals surface area contributed by atoms with Gasteiger partial charge in [0.05, 0.1) is 12.7 Å². The summed E-state index contributed by atoms with van der Waals surface area (Å²) in [5.41, 5.74) is 4.74. The van der Waals surface area contributed by atoms with Gasteiger partial charge in [-0.05, 0) is 65.0 Å². The Labute approximate surface area is 187 Å². The molecular weight excluding hydrogens is 382 g/mol. The number of benzene rings is 2. The van der Waals surface area contributed by atoms with E-state index in [1.807, 2.05) is 0 Å². The molecule has 2 aromatic carbocycles. The van der Waals surface area contributed by atoms with Gasteiger partial charge in [0.15, 0.2) is 0 Å². The van der Waals surface area contributed by atoms with E-state index < -0.39 is 0 Å². The number of rotatable bonds is 6. The topological polar surface area (TPSA) is 38.3 Å². The fourth-order valence-corrected chi connectivity index (χ4v) is 6.73. The number of carbonyl (C=O) groups is 1. The van der Waals surface area contributed by atoms with Gasteiger partial charge < -0.3 is 10.1 Å². The molecule has 2 aliphatic rings. The van der Waals surface area contributed by atoms with Crippen LogP contribution in [0.15, 0.2) is 54.6 Å². The summed E-state index contributed by atoms with van der Waals surface area (Å²) >= 11 is 0. The zero-order chi connectivity index (χ0) is 22.1. The van der Waals surface area contributed by atoms with E-state index in [4.69, 9.17) is 4.74 Å². The Morgan fingerprint density at radius 2 is 1.77 bits per heavy atom. The molecule has 1 amide bonds. The smallest absolute Gasteiger partial charge is 0.216 e. The summed E-state index contributed by atoms with van der Waals surface area (Å²) in [4.78, 5) is 11.3. The fourth-order valence-electron chi connectivity index (χ4n) is 6.73. The van der Waals surface area contributed by atoms with E-state index in [9.17, 15) is 4.79 Å². The number of amides is 1. The average Bonchev–Trinajstić information content (AvgIpc) is 2.75. The number of fused-ring (bicyclic) bond motifs is 3. The van der Waals surface area contributed by atoms with Crippen molar-refractivity contribution in [2.75, 3.05) is 13.2 Å². The maximum absolute atomic E-state index is 11.3. The molecule has 0 heterocycles. The quantitative estimate of drug-likeness (QED) is 0.598. The summed E-state index contributed by atoms with van der Waals surface area (Å²) in [6.45, 7) is 10.1. The van der Waals surface area contributed by atoms with Crippen LogP contribution in [0.1, 0.15) is 69.8 Å². The second kappa shape index (κ2) is 8.78. The molecule has 3 heteroatoms. The van der Waals surface area contributed by atoms with Crippen LogP contribution in [0.4, 0.5) is 0 Å². The normalized spacial score (nSPS) is 27.6. The van der Waals surface area contributed by atoms with Gasteiger partial charge in [0, 0.05) is 13.5 Å². The summed E-state index contributed by atoms with van der Waals surface area (Å²) in [5.74, 6) is 1.06. The van der Waals surface area contributed by atoms with E-state index in [1.54, 1.807) is 18.1 Å². The van der Waals surface area contributed by atoms with E-state index >= 15 is 0 Å². The molecule has 31 heavy (non-hydrogen) atoms. The molecule has 0 bridgehead atoms. The van der Waals surface area contributed by atoms with Crippen molar-refractivity contribution in [3.8, 4) is 0 Å². The Kier molecular flexibility index (Phi) is 6.25. The van der Waals surface area contributed by atoms with Crippen LogP contribution >= 0.6 is 0 Å². The summed E-state index contributed by atoms with van der Waals surface area (Å²) in [6, 6.07) is 19.8. The summed E-state index contributed by atoms with van der Waals surface area (Å²) in [6.07, 6.45) is 4.80. The summed E-state index contributed by atoms with van der Waals surface area (Å²) < 4.78 is 6.52. The van der Waals surface area contributed by atoms with Crippen molar-refractivity contribution in [3.63, 3.8) is 0 Å². The molecule has 3 nitrogen and oxygen atoms in total. The maximum Gasteiger partial charge on any atom is 0.216 e. The molecule has 1 N–H and O–H groups in total. The molecule has 2 aliphatic carbocycles. The fraction of sp³-hybridized carbons (Fsp3) is 0.536. The van der Waals surface area contributed by atoms with E-state index in [1.165, 1.54) is 24.8 Å². The third-order valence-electron chi connectivity index (χ3n) is 8.20. The van der Waals surface area contributed by atoms with Gasteiger partial charge in [0.2, 0.25) is 5.91 Å². The first-order chi connectivity index (χ1) is 14.8. The van der Waals surface area contributed by atoms with Crippen molar-refractivity contribution >= 4 is 5.91 Å². The van der Waals surface area contributed by atoms with Crippen molar-refractivity contribution in [3.05, 3.63) is 71.3 Å². The van der Waals surface area contributed by atoms with Gasteiger partial charge in [-0.3, -0.25) is 4.79 Å². The zero-order valence-electron chi connectivity index (χ0n) is 19.5. The monoisotopic (exact) mass is 419 g/mol. The highest BCUT2D eigenvalue weighted by atomic mass is 16.5. The molecule has 166 valence electrons. The first kappa shape index (κ1) is 22.1. The molecule has 0 spiro atoms. The Balaban J connectivity index is 1.62. The molecule has 2 aromatic rings. The Bertz CT molecular complexity index is 906. The lowest BCUT2D eigenvalue weighted by atomic mass is 9.46. The van der Waals surface area contributed by atoms with E-state index in [0.717, 1.165) is 6.42 Å². The molecule has 0 radical (unpaired) electrons. The highest BCUT2D eigenvalue weighted by molar-refractivity contribution is 5.72. The predicted octanol–water partition coefficient (Wildman–Crippen LogP) is 5.84. The minimum absolute atomic E-state index is 0.00510. The second-order valence-corrected chi connectivity index (χ2v) is 10.3. The summed E-state index contributed by atoms with van der Waals surface area (Å²) in [7, 11) is 0. The van der Waals surface area contributed by atoms with Crippen molar-refractivity contribution in [1.29, 1.82) is 0 Å². The lowest BCUT2D eigenvalue weighted by Crippen LogP contribution is -2.53. The van der Waals surface area contributed by atoms with Gasteiger partial charge in [-0.15, -0.1) is 0 Å². The maximum atomic E-state index is 11.3. The number of hydrogen-bond acceptors (Lipinski definition) is 2. The Hall–Kier alpha value is -2.13. The third-order valence-corrected chi connectivity index (χ3v) is 8.20. The predicted molar refractivity (Wildman–Crippen MR) is 126 cm³/mol. The highest BCUT2D eigenvalue weighted by Gasteiger charge is 2.55. The van der Waals surface area contributed by atoms with Crippen molar-refractivity contribution in [1.82, 2.24) is 5.32 Å². The number of carbonyl (C=O) groups excluding carboxylic acids is 1. The lowest BCUT2D eigenvalue weighted by Gasteiger charge is -2.59. The Morgan fingerprint density at radius 3 is 2.52 bits per heavy atom. The molecule has 0 saturated heterocycles. The van der Waals surface area contributed by atoms with Crippen LogP contribution in [-0.2, 0) is 21.4 Å². The van der Waals surface area contributed by atoms with Gasteiger partial charge in [-0.2, -0.15) is 0 Å². The van der Waals surface area contributed by atoms with Gasteiger partial charge >= 0.3 is 0 Å². The first-order valence-electron chi connectivity index (χ1n) is 11.8. The van der Waals surface area contributed by atoms with Crippen LogP contribution in [0, 0.1) is 17.3 Å². The lowest BCUT2D eigenvalue weighted by molar-refractivity contribution is -0.120. The van der Waals surface area contributed by atoms with Gasteiger partial charge in [0.25, 0.3) is 0 Å². The average molecular weight is 420 g/mol. The molecule has 0 unspecified atom stereocenters. The largest absolute Gasteiger partial charge is 0.371 e. The minimum atomic E-state index is -0.00510. The van der Waals surface area contributed by atoms with Crippen LogP contribution in [0.3, 0.4) is 0 Å².